The highest BCUT2D eigenvalue weighted by Gasteiger charge is 2.30. The third-order valence-electron chi connectivity index (χ3n) is 4.84. The average molecular weight is 338 g/mol. The van der Waals surface area contributed by atoms with Gasteiger partial charge < -0.3 is 10.1 Å². The number of likely N-dealkylation sites (tertiary alicyclic amines) is 1. The normalized spacial score (nSPS) is 17.4. The summed E-state index contributed by atoms with van der Waals surface area (Å²) >= 11 is 0. The zero-order valence-corrected chi connectivity index (χ0v) is 14.8. The van der Waals surface area contributed by atoms with Crippen LogP contribution in [0.15, 0.2) is 54.6 Å². The minimum Gasteiger partial charge on any atom is -0.496 e. The maximum atomic E-state index is 12.6. The molecule has 2 aromatic rings. The Balaban J connectivity index is 1.53. The van der Waals surface area contributed by atoms with Crippen LogP contribution in [-0.2, 0) is 17.8 Å². The van der Waals surface area contributed by atoms with Gasteiger partial charge in [-0.25, -0.2) is 0 Å². The number of nitrogens with one attached hydrogen (secondary N) is 1. The van der Waals surface area contributed by atoms with E-state index in [0.29, 0.717) is 6.54 Å². The summed E-state index contributed by atoms with van der Waals surface area (Å²) in [6.45, 7) is 2.43. The zero-order valence-electron chi connectivity index (χ0n) is 14.8. The molecule has 4 heteroatoms. The van der Waals surface area contributed by atoms with Gasteiger partial charge >= 0.3 is 0 Å². The number of hydrogen-bond donors (Lipinski definition) is 1. The van der Waals surface area contributed by atoms with E-state index in [4.69, 9.17) is 4.74 Å². The summed E-state index contributed by atoms with van der Waals surface area (Å²) in [7, 11) is 1.66. The van der Waals surface area contributed by atoms with Crippen molar-refractivity contribution in [3.63, 3.8) is 0 Å². The van der Waals surface area contributed by atoms with Crippen LogP contribution >= 0.6 is 0 Å². The molecule has 0 unspecified atom stereocenters. The summed E-state index contributed by atoms with van der Waals surface area (Å²) in [6, 6.07) is 18.3. The van der Waals surface area contributed by atoms with E-state index < -0.39 is 0 Å². The van der Waals surface area contributed by atoms with E-state index in [1.165, 1.54) is 5.56 Å². The van der Waals surface area contributed by atoms with Crippen LogP contribution in [0.1, 0.15) is 24.0 Å². The molecule has 1 fully saturated rings. The van der Waals surface area contributed by atoms with E-state index in [2.05, 4.69) is 34.5 Å². The van der Waals surface area contributed by atoms with Crippen molar-refractivity contribution in [3.05, 3.63) is 65.7 Å². The Morgan fingerprint density at radius 3 is 2.72 bits per heavy atom. The van der Waals surface area contributed by atoms with Gasteiger partial charge in [-0.15, -0.1) is 0 Å². The smallest absolute Gasteiger partial charge is 0.237 e. The van der Waals surface area contributed by atoms with Crippen molar-refractivity contribution in [2.45, 2.75) is 31.8 Å². The lowest BCUT2D eigenvalue weighted by molar-refractivity contribution is -0.125. The van der Waals surface area contributed by atoms with Crippen molar-refractivity contribution in [2.75, 3.05) is 20.2 Å². The molecule has 2 aromatic carbocycles. The van der Waals surface area contributed by atoms with Crippen molar-refractivity contribution in [3.8, 4) is 5.75 Å². The second-order valence-electron chi connectivity index (χ2n) is 6.46. The third kappa shape index (κ3) is 4.60. The van der Waals surface area contributed by atoms with Crippen molar-refractivity contribution >= 4 is 5.91 Å². The largest absolute Gasteiger partial charge is 0.496 e. The van der Waals surface area contributed by atoms with E-state index in [-0.39, 0.29) is 11.9 Å². The molecule has 0 radical (unpaired) electrons. The fourth-order valence-electron chi connectivity index (χ4n) is 3.46. The fraction of sp³-hybridized carbons (Fsp3) is 0.381. The van der Waals surface area contributed by atoms with Crippen molar-refractivity contribution in [1.82, 2.24) is 10.2 Å². The molecule has 1 N–H and O–H groups in total. The molecule has 0 saturated carbocycles. The molecule has 4 nitrogen and oxygen atoms in total. The van der Waals surface area contributed by atoms with E-state index in [9.17, 15) is 4.79 Å². The lowest BCUT2D eigenvalue weighted by Crippen LogP contribution is -2.43. The van der Waals surface area contributed by atoms with Crippen LogP contribution in [0.3, 0.4) is 0 Å². The molecule has 1 saturated heterocycles. The molecule has 25 heavy (non-hydrogen) atoms. The summed E-state index contributed by atoms with van der Waals surface area (Å²) in [5, 5.41) is 3.08. The molecule has 1 aliphatic heterocycles. The SMILES string of the molecule is COc1ccccc1CNC(=O)[C@H]1CCCN1CCc1ccccc1. The van der Waals surface area contributed by atoms with E-state index in [1.54, 1.807) is 7.11 Å². The van der Waals surface area contributed by atoms with Gasteiger partial charge in [0.15, 0.2) is 0 Å². The number of para-hydroxylation sites is 1. The number of ether oxygens (including phenoxy) is 1. The number of carbonyl (C=O) groups is 1. The number of methoxy groups -OCH3 is 1. The topological polar surface area (TPSA) is 41.6 Å². The molecule has 0 aromatic heterocycles. The Kier molecular flexibility index (Phi) is 6.07. The van der Waals surface area contributed by atoms with Gasteiger partial charge in [0.2, 0.25) is 5.91 Å². The van der Waals surface area contributed by atoms with Gasteiger partial charge in [-0.2, -0.15) is 0 Å². The number of hydrogen-bond acceptors (Lipinski definition) is 3. The van der Waals surface area contributed by atoms with Crippen LogP contribution in [0.25, 0.3) is 0 Å². The predicted octanol–water partition coefficient (Wildman–Crippen LogP) is 3.02. The average Bonchev–Trinajstić information content (AvgIpc) is 3.14. The maximum Gasteiger partial charge on any atom is 0.237 e. The van der Waals surface area contributed by atoms with E-state index in [0.717, 1.165) is 43.7 Å². The quantitative estimate of drug-likeness (QED) is 0.844. The van der Waals surface area contributed by atoms with Gasteiger partial charge in [0.1, 0.15) is 5.75 Å². The molecular formula is C21H26N2O2. The number of carbonyl (C=O) groups excluding carboxylic acids is 1. The summed E-state index contributed by atoms with van der Waals surface area (Å²) in [4.78, 5) is 15.0. The van der Waals surface area contributed by atoms with Gasteiger partial charge in [-0.3, -0.25) is 9.69 Å². The van der Waals surface area contributed by atoms with Gasteiger partial charge in [0, 0.05) is 18.7 Å². The monoisotopic (exact) mass is 338 g/mol. The number of amides is 1. The summed E-state index contributed by atoms with van der Waals surface area (Å²) in [6.07, 6.45) is 3.01. The summed E-state index contributed by atoms with van der Waals surface area (Å²) < 4.78 is 5.35. The highest BCUT2D eigenvalue weighted by Crippen LogP contribution is 2.20. The van der Waals surface area contributed by atoms with Crippen LogP contribution in [0.5, 0.6) is 5.75 Å². The molecule has 0 bridgehead atoms. The standard InChI is InChI=1S/C21H26N2O2/c1-25-20-12-6-5-10-18(20)16-22-21(24)19-11-7-14-23(19)15-13-17-8-3-2-4-9-17/h2-6,8-10,12,19H,7,11,13-16H2,1H3,(H,22,24)/t19-/m1/s1. The molecule has 0 aliphatic carbocycles. The maximum absolute atomic E-state index is 12.6. The van der Waals surface area contributed by atoms with Gasteiger partial charge in [-0.1, -0.05) is 48.5 Å². The van der Waals surface area contributed by atoms with Crippen molar-refractivity contribution in [2.24, 2.45) is 0 Å². The highest BCUT2D eigenvalue weighted by molar-refractivity contribution is 5.82. The first kappa shape index (κ1) is 17.5. The highest BCUT2D eigenvalue weighted by atomic mass is 16.5. The first-order valence-corrected chi connectivity index (χ1v) is 8.95. The lowest BCUT2D eigenvalue weighted by Gasteiger charge is -2.23. The van der Waals surface area contributed by atoms with Crippen LogP contribution < -0.4 is 10.1 Å². The molecule has 132 valence electrons. The Hall–Kier alpha value is -2.33. The lowest BCUT2D eigenvalue weighted by atomic mass is 10.1. The van der Waals surface area contributed by atoms with Gasteiger partial charge in [0.05, 0.1) is 13.2 Å². The Bertz CT molecular complexity index is 687. The Labute approximate surface area is 149 Å². The minimum atomic E-state index is -0.0154. The van der Waals surface area contributed by atoms with E-state index in [1.807, 2.05) is 30.3 Å². The van der Waals surface area contributed by atoms with Crippen LogP contribution in [0.2, 0.25) is 0 Å². The van der Waals surface area contributed by atoms with Crippen molar-refractivity contribution < 1.29 is 9.53 Å². The molecule has 0 spiro atoms. The van der Waals surface area contributed by atoms with Crippen LogP contribution in [0, 0.1) is 0 Å². The molecule has 1 atom stereocenters. The Morgan fingerprint density at radius 2 is 1.92 bits per heavy atom. The molecule has 1 heterocycles. The predicted molar refractivity (Wildman–Crippen MR) is 99.6 cm³/mol. The van der Waals surface area contributed by atoms with E-state index >= 15 is 0 Å². The van der Waals surface area contributed by atoms with Crippen LogP contribution in [0.4, 0.5) is 0 Å². The summed E-state index contributed by atoms with van der Waals surface area (Å²) in [5.41, 5.74) is 2.33. The first-order chi connectivity index (χ1) is 12.3. The van der Waals surface area contributed by atoms with Crippen LogP contribution in [-0.4, -0.2) is 37.0 Å². The zero-order chi connectivity index (χ0) is 17.5. The van der Waals surface area contributed by atoms with Gasteiger partial charge in [-0.05, 0) is 37.4 Å². The number of rotatable bonds is 7. The third-order valence-corrected chi connectivity index (χ3v) is 4.84. The summed E-state index contributed by atoms with van der Waals surface area (Å²) in [5.74, 6) is 0.937. The first-order valence-electron chi connectivity index (χ1n) is 8.95. The Morgan fingerprint density at radius 1 is 1.16 bits per heavy atom. The minimum absolute atomic E-state index is 0.0154. The number of benzene rings is 2. The molecule has 3 rings (SSSR count). The second kappa shape index (κ2) is 8.67. The fourth-order valence-corrected chi connectivity index (χ4v) is 3.46. The number of nitrogens with zero attached hydrogens (tertiary/aromatic N) is 1. The van der Waals surface area contributed by atoms with Crippen molar-refractivity contribution in [1.29, 1.82) is 0 Å². The van der Waals surface area contributed by atoms with Gasteiger partial charge in [0.25, 0.3) is 0 Å². The molecular weight excluding hydrogens is 312 g/mol. The molecule has 1 amide bonds. The second-order valence-corrected chi connectivity index (χ2v) is 6.46. The molecule has 1 aliphatic rings.